The third-order valence-corrected chi connectivity index (χ3v) is 5.20. The molecule has 4 aliphatic rings. The van der Waals surface area contributed by atoms with Crippen molar-refractivity contribution < 1.29 is 14.3 Å². The average molecular weight is 273 g/mol. The number of methoxy groups -OCH3 is 1. The van der Waals surface area contributed by atoms with E-state index in [4.69, 9.17) is 9.47 Å². The zero-order valence-electron chi connectivity index (χ0n) is 11.7. The number of hydrogen-bond acceptors (Lipinski definition) is 4. The molecule has 4 rings (SSSR count). The smallest absolute Gasteiger partial charge is 0.330 e. The van der Waals surface area contributed by atoms with Gasteiger partial charge in [0.25, 0.3) is 0 Å². The van der Waals surface area contributed by atoms with E-state index in [1.54, 1.807) is 13.2 Å². The quantitative estimate of drug-likeness (QED) is 0.678. The molecule has 0 amide bonds. The average Bonchev–Trinajstić information content (AvgIpc) is 2.86. The van der Waals surface area contributed by atoms with E-state index in [9.17, 15) is 4.79 Å². The van der Waals surface area contributed by atoms with E-state index in [1.165, 1.54) is 11.1 Å². The first-order valence-corrected chi connectivity index (χ1v) is 7.29. The number of ether oxygens (including phenoxy) is 2. The van der Waals surface area contributed by atoms with Gasteiger partial charge in [0.2, 0.25) is 0 Å². The molecule has 0 aromatic heterocycles. The van der Waals surface area contributed by atoms with Crippen LogP contribution in [0.5, 0.6) is 0 Å². The minimum atomic E-state index is -0.192. The third-order valence-electron chi connectivity index (χ3n) is 5.20. The Bertz CT molecular complexity index is 548. The van der Waals surface area contributed by atoms with Crippen LogP contribution in [0.4, 0.5) is 0 Å². The van der Waals surface area contributed by atoms with Crippen LogP contribution in [0.2, 0.25) is 0 Å². The monoisotopic (exact) mass is 273 g/mol. The molecular formula is C16H19NO3. The summed E-state index contributed by atoms with van der Waals surface area (Å²) >= 11 is 0. The summed E-state index contributed by atoms with van der Waals surface area (Å²) < 4.78 is 10.8. The fourth-order valence-electron chi connectivity index (χ4n) is 4.22. The highest BCUT2D eigenvalue weighted by atomic mass is 16.5. The number of fused-ring (bicyclic) bond motifs is 1. The molecular weight excluding hydrogens is 254 g/mol. The van der Waals surface area contributed by atoms with Crippen molar-refractivity contribution in [2.24, 2.45) is 5.92 Å². The van der Waals surface area contributed by atoms with Crippen LogP contribution in [-0.4, -0.2) is 49.3 Å². The van der Waals surface area contributed by atoms with Gasteiger partial charge in [0.05, 0.1) is 18.2 Å². The normalized spacial score (nSPS) is 39.4. The number of carbonyl (C=O) groups excluding carboxylic acids is 1. The number of cyclic esters (lactones) is 1. The lowest BCUT2D eigenvalue weighted by atomic mass is 9.67. The lowest BCUT2D eigenvalue weighted by Gasteiger charge is -2.52. The van der Waals surface area contributed by atoms with Gasteiger partial charge in [0, 0.05) is 38.6 Å². The zero-order valence-corrected chi connectivity index (χ0v) is 11.7. The van der Waals surface area contributed by atoms with Crippen molar-refractivity contribution in [2.75, 3.05) is 26.8 Å². The Kier molecular flexibility index (Phi) is 2.66. The van der Waals surface area contributed by atoms with E-state index < -0.39 is 0 Å². The van der Waals surface area contributed by atoms with Crippen LogP contribution in [-0.2, 0) is 14.3 Å². The summed E-state index contributed by atoms with van der Waals surface area (Å²) in [5.41, 5.74) is 2.45. The highest BCUT2D eigenvalue weighted by molar-refractivity contribution is 5.85. The van der Waals surface area contributed by atoms with Crippen molar-refractivity contribution in [3.8, 4) is 0 Å². The summed E-state index contributed by atoms with van der Waals surface area (Å²) in [6, 6.07) is 0. The third kappa shape index (κ3) is 1.52. The molecule has 0 aromatic carbocycles. The molecule has 0 saturated carbocycles. The molecule has 0 radical (unpaired) electrons. The molecule has 3 aliphatic heterocycles. The molecule has 1 saturated heterocycles. The van der Waals surface area contributed by atoms with Gasteiger partial charge in [-0.2, -0.15) is 0 Å². The predicted octanol–water partition coefficient (Wildman–Crippen LogP) is 1.45. The van der Waals surface area contributed by atoms with Crippen LogP contribution < -0.4 is 0 Å². The summed E-state index contributed by atoms with van der Waals surface area (Å²) in [7, 11) is 1.75. The standard InChI is InChI=1S/C16H19NO3/c1-19-13-3-2-12-5-7-17-6-4-11-10-20-15(18)8-14(11)16(12,17)9-13/h2-3,5,8,11,13H,4,6-7,9-10H2,1H3/t11-,13+,16-/m0/s1. The van der Waals surface area contributed by atoms with Crippen LogP contribution in [0.15, 0.2) is 35.5 Å². The second kappa shape index (κ2) is 4.30. The Balaban J connectivity index is 1.84. The molecule has 3 heterocycles. The Morgan fingerprint density at radius 1 is 1.50 bits per heavy atom. The molecule has 1 spiro atoms. The molecule has 1 fully saturated rings. The Hall–Kier alpha value is -1.39. The van der Waals surface area contributed by atoms with E-state index >= 15 is 0 Å². The number of nitrogens with zero attached hydrogens (tertiary/aromatic N) is 1. The molecule has 106 valence electrons. The summed E-state index contributed by atoms with van der Waals surface area (Å²) in [5, 5.41) is 0. The highest BCUT2D eigenvalue weighted by Crippen LogP contribution is 2.51. The minimum Gasteiger partial charge on any atom is -0.462 e. The molecule has 0 unspecified atom stereocenters. The second-order valence-electron chi connectivity index (χ2n) is 6.02. The minimum absolute atomic E-state index is 0.116. The fourth-order valence-corrected chi connectivity index (χ4v) is 4.22. The van der Waals surface area contributed by atoms with Crippen LogP contribution >= 0.6 is 0 Å². The second-order valence-corrected chi connectivity index (χ2v) is 6.02. The van der Waals surface area contributed by atoms with Crippen molar-refractivity contribution in [1.82, 2.24) is 4.90 Å². The molecule has 0 N–H and O–H groups in total. The van der Waals surface area contributed by atoms with Crippen LogP contribution in [0.3, 0.4) is 0 Å². The van der Waals surface area contributed by atoms with Gasteiger partial charge in [0.15, 0.2) is 0 Å². The maximum Gasteiger partial charge on any atom is 0.330 e. The Morgan fingerprint density at radius 2 is 2.40 bits per heavy atom. The maximum atomic E-state index is 11.7. The number of rotatable bonds is 1. The first kappa shape index (κ1) is 12.4. The van der Waals surface area contributed by atoms with Gasteiger partial charge < -0.3 is 9.47 Å². The van der Waals surface area contributed by atoms with Crippen LogP contribution in [0.1, 0.15) is 12.8 Å². The van der Waals surface area contributed by atoms with Crippen molar-refractivity contribution in [3.63, 3.8) is 0 Å². The summed E-state index contributed by atoms with van der Waals surface area (Å²) in [4.78, 5) is 14.2. The van der Waals surface area contributed by atoms with Gasteiger partial charge in [-0.05, 0) is 17.6 Å². The van der Waals surface area contributed by atoms with Gasteiger partial charge >= 0.3 is 5.97 Å². The predicted molar refractivity (Wildman–Crippen MR) is 74.1 cm³/mol. The largest absolute Gasteiger partial charge is 0.462 e. The van der Waals surface area contributed by atoms with Crippen molar-refractivity contribution in [3.05, 3.63) is 35.5 Å². The zero-order chi connectivity index (χ0) is 13.7. The van der Waals surface area contributed by atoms with E-state index in [2.05, 4.69) is 23.1 Å². The molecule has 4 nitrogen and oxygen atoms in total. The number of piperidine rings is 1. The summed E-state index contributed by atoms with van der Waals surface area (Å²) in [5.74, 6) is 0.178. The van der Waals surface area contributed by atoms with Crippen LogP contribution in [0, 0.1) is 5.92 Å². The molecule has 3 atom stereocenters. The van der Waals surface area contributed by atoms with E-state index in [0.29, 0.717) is 12.5 Å². The summed E-state index contributed by atoms with van der Waals surface area (Å²) in [6.45, 7) is 2.56. The number of hydrogen-bond donors (Lipinski definition) is 0. The van der Waals surface area contributed by atoms with E-state index in [1.807, 2.05) is 0 Å². The first-order valence-electron chi connectivity index (χ1n) is 7.29. The van der Waals surface area contributed by atoms with Gasteiger partial charge in [-0.3, -0.25) is 4.90 Å². The molecule has 1 aliphatic carbocycles. The molecule has 4 heteroatoms. The maximum absolute atomic E-state index is 11.7. The lowest BCUT2D eigenvalue weighted by molar-refractivity contribution is -0.141. The first-order chi connectivity index (χ1) is 9.74. The Labute approximate surface area is 118 Å². The molecule has 0 aromatic rings. The van der Waals surface area contributed by atoms with Crippen molar-refractivity contribution in [1.29, 1.82) is 0 Å². The summed E-state index contributed by atoms with van der Waals surface area (Å²) in [6.07, 6.45) is 10.4. The van der Waals surface area contributed by atoms with Crippen molar-refractivity contribution >= 4 is 5.97 Å². The fraction of sp³-hybridized carbons (Fsp3) is 0.562. The van der Waals surface area contributed by atoms with Crippen molar-refractivity contribution in [2.45, 2.75) is 24.5 Å². The lowest BCUT2D eigenvalue weighted by Crippen LogP contribution is -2.57. The highest BCUT2D eigenvalue weighted by Gasteiger charge is 2.53. The van der Waals surface area contributed by atoms with Gasteiger partial charge in [-0.1, -0.05) is 18.2 Å². The van der Waals surface area contributed by atoms with Gasteiger partial charge in [0.1, 0.15) is 0 Å². The van der Waals surface area contributed by atoms with E-state index in [-0.39, 0.29) is 17.6 Å². The van der Waals surface area contributed by atoms with Crippen LogP contribution in [0.25, 0.3) is 0 Å². The SMILES string of the molecule is CO[C@@H]1C=CC2=CCN3CC[C@H]4COC(=O)C=C4[C@]23C1. The van der Waals surface area contributed by atoms with E-state index in [0.717, 1.165) is 25.9 Å². The van der Waals surface area contributed by atoms with Gasteiger partial charge in [-0.25, -0.2) is 4.79 Å². The number of esters is 1. The van der Waals surface area contributed by atoms with Gasteiger partial charge in [-0.15, -0.1) is 0 Å². The topological polar surface area (TPSA) is 38.8 Å². The Morgan fingerprint density at radius 3 is 3.25 bits per heavy atom. The molecule has 0 bridgehead atoms. The number of carbonyl (C=O) groups is 1. The molecule has 20 heavy (non-hydrogen) atoms.